The molecule has 4 heteroatoms. The van der Waals surface area contributed by atoms with Crippen LogP contribution in [0.3, 0.4) is 0 Å². The van der Waals surface area contributed by atoms with Gasteiger partial charge >= 0.3 is 0 Å². The van der Waals surface area contributed by atoms with Crippen molar-refractivity contribution in [2.75, 3.05) is 6.54 Å². The molecule has 0 spiro atoms. The summed E-state index contributed by atoms with van der Waals surface area (Å²) in [6, 6.07) is 4.02. The molecule has 18 heavy (non-hydrogen) atoms. The van der Waals surface area contributed by atoms with Crippen LogP contribution in [0.2, 0.25) is 0 Å². The Morgan fingerprint density at radius 3 is 3.06 bits per heavy atom. The number of likely N-dealkylation sites (tertiary alicyclic amines) is 1. The van der Waals surface area contributed by atoms with E-state index in [1.54, 1.807) is 6.20 Å². The van der Waals surface area contributed by atoms with Crippen molar-refractivity contribution in [3.05, 3.63) is 23.9 Å². The molecule has 0 aliphatic carbocycles. The van der Waals surface area contributed by atoms with Crippen LogP contribution in [0.15, 0.2) is 18.3 Å². The monoisotopic (exact) mass is 248 g/mol. The van der Waals surface area contributed by atoms with E-state index in [-0.39, 0.29) is 12.1 Å². The summed E-state index contributed by atoms with van der Waals surface area (Å²) in [5.41, 5.74) is 1.03. The van der Waals surface area contributed by atoms with E-state index in [2.05, 4.69) is 4.98 Å². The van der Waals surface area contributed by atoms with Crippen LogP contribution >= 0.6 is 0 Å². The Balaban J connectivity index is 2.27. The fourth-order valence-electron chi connectivity index (χ4n) is 2.39. The standard InChI is InChI=1S/C14H20N2O2/c1-11(2)18-14-12(6-5-8-15-14)13-7-3-4-9-16(13)10-17/h5-6,8,10-11,13H,3-4,7,9H2,1-2H3/t13-/m1/s1. The predicted molar refractivity (Wildman–Crippen MR) is 69.4 cm³/mol. The molecule has 1 atom stereocenters. The first-order chi connectivity index (χ1) is 8.72. The van der Waals surface area contributed by atoms with Crippen LogP contribution in [0, 0.1) is 0 Å². The number of hydrogen-bond donors (Lipinski definition) is 0. The van der Waals surface area contributed by atoms with Gasteiger partial charge in [-0.15, -0.1) is 0 Å². The first-order valence-electron chi connectivity index (χ1n) is 6.55. The van der Waals surface area contributed by atoms with Crippen LogP contribution in [0.4, 0.5) is 0 Å². The van der Waals surface area contributed by atoms with Crippen LogP contribution in [0.5, 0.6) is 5.88 Å². The number of rotatable bonds is 4. The van der Waals surface area contributed by atoms with E-state index in [4.69, 9.17) is 4.74 Å². The number of aromatic nitrogens is 1. The maximum Gasteiger partial charge on any atom is 0.218 e. The van der Waals surface area contributed by atoms with E-state index < -0.39 is 0 Å². The molecule has 1 aliphatic heterocycles. The van der Waals surface area contributed by atoms with E-state index >= 15 is 0 Å². The molecule has 1 saturated heterocycles. The first-order valence-corrected chi connectivity index (χ1v) is 6.55. The van der Waals surface area contributed by atoms with Crippen molar-refractivity contribution in [2.24, 2.45) is 0 Å². The van der Waals surface area contributed by atoms with E-state index in [9.17, 15) is 4.79 Å². The predicted octanol–water partition coefficient (Wildman–Crippen LogP) is 2.55. The van der Waals surface area contributed by atoms with E-state index in [0.29, 0.717) is 5.88 Å². The number of amides is 1. The molecule has 1 aliphatic rings. The molecule has 0 saturated carbocycles. The largest absolute Gasteiger partial charge is 0.475 e. The Hall–Kier alpha value is -1.58. The lowest BCUT2D eigenvalue weighted by Crippen LogP contribution is -2.32. The van der Waals surface area contributed by atoms with Gasteiger partial charge in [0.2, 0.25) is 12.3 Å². The summed E-state index contributed by atoms with van der Waals surface area (Å²) < 4.78 is 5.74. The van der Waals surface area contributed by atoms with Gasteiger partial charge in [0.05, 0.1) is 12.1 Å². The van der Waals surface area contributed by atoms with Gasteiger partial charge in [0, 0.05) is 18.3 Å². The molecular weight excluding hydrogens is 228 g/mol. The van der Waals surface area contributed by atoms with E-state index in [0.717, 1.165) is 37.8 Å². The molecule has 0 bridgehead atoms. The zero-order chi connectivity index (χ0) is 13.0. The Bertz CT molecular complexity index is 407. The Morgan fingerprint density at radius 2 is 2.33 bits per heavy atom. The highest BCUT2D eigenvalue weighted by Gasteiger charge is 2.26. The third-order valence-corrected chi connectivity index (χ3v) is 3.19. The summed E-state index contributed by atoms with van der Waals surface area (Å²) in [7, 11) is 0. The normalized spacial score (nSPS) is 19.9. The maximum atomic E-state index is 11.1. The number of carbonyl (C=O) groups is 1. The highest BCUT2D eigenvalue weighted by Crippen LogP contribution is 2.34. The number of pyridine rings is 1. The van der Waals surface area contributed by atoms with Gasteiger partial charge in [-0.05, 0) is 39.2 Å². The summed E-state index contributed by atoms with van der Waals surface area (Å²) in [6.45, 7) is 4.79. The SMILES string of the molecule is CC(C)Oc1ncccc1[C@H]1CCCCN1C=O. The molecular formula is C14H20N2O2. The highest BCUT2D eigenvalue weighted by atomic mass is 16.5. The summed E-state index contributed by atoms with van der Waals surface area (Å²) in [5.74, 6) is 0.659. The fraction of sp³-hybridized carbons (Fsp3) is 0.571. The second-order valence-electron chi connectivity index (χ2n) is 4.92. The number of hydrogen-bond acceptors (Lipinski definition) is 3. The molecule has 1 aromatic rings. The lowest BCUT2D eigenvalue weighted by atomic mass is 9.96. The third-order valence-electron chi connectivity index (χ3n) is 3.19. The van der Waals surface area contributed by atoms with Crippen LogP contribution in [-0.2, 0) is 4.79 Å². The topological polar surface area (TPSA) is 42.4 Å². The smallest absolute Gasteiger partial charge is 0.218 e. The molecule has 4 nitrogen and oxygen atoms in total. The van der Waals surface area contributed by atoms with Crippen molar-refractivity contribution in [1.29, 1.82) is 0 Å². The minimum Gasteiger partial charge on any atom is -0.475 e. The van der Waals surface area contributed by atoms with Gasteiger partial charge in [-0.3, -0.25) is 4.79 Å². The van der Waals surface area contributed by atoms with Crippen molar-refractivity contribution in [1.82, 2.24) is 9.88 Å². The van der Waals surface area contributed by atoms with Gasteiger partial charge in [-0.25, -0.2) is 4.98 Å². The molecule has 0 radical (unpaired) electrons. The molecule has 0 unspecified atom stereocenters. The number of carbonyl (C=O) groups excluding carboxylic acids is 1. The Morgan fingerprint density at radius 1 is 1.50 bits per heavy atom. The number of nitrogens with zero attached hydrogens (tertiary/aromatic N) is 2. The molecule has 98 valence electrons. The lowest BCUT2D eigenvalue weighted by molar-refractivity contribution is -0.121. The summed E-state index contributed by atoms with van der Waals surface area (Å²) >= 11 is 0. The van der Waals surface area contributed by atoms with Gasteiger partial charge in [-0.2, -0.15) is 0 Å². The average molecular weight is 248 g/mol. The van der Waals surface area contributed by atoms with Gasteiger partial charge in [0.1, 0.15) is 0 Å². The van der Waals surface area contributed by atoms with Gasteiger partial charge < -0.3 is 9.64 Å². The molecule has 0 aromatic carbocycles. The second kappa shape index (κ2) is 5.85. The fourth-order valence-corrected chi connectivity index (χ4v) is 2.39. The minimum absolute atomic E-state index is 0.0897. The van der Waals surface area contributed by atoms with Crippen LogP contribution in [-0.4, -0.2) is 28.9 Å². The zero-order valence-electron chi connectivity index (χ0n) is 11.0. The quantitative estimate of drug-likeness (QED) is 0.769. The third kappa shape index (κ3) is 2.81. The van der Waals surface area contributed by atoms with Gasteiger partial charge in [0.15, 0.2) is 0 Å². The molecule has 2 rings (SSSR count). The Kier molecular flexibility index (Phi) is 4.18. The van der Waals surface area contributed by atoms with E-state index in [1.165, 1.54) is 0 Å². The van der Waals surface area contributed by atoms with Crippen molar-refractivity contribution < 1.29 is 9.53 Å². The molecule has 1 amide bonds. The maximum absolute atomic E-state index is 11.1. The molecule has 0 N–H and O–H groups in total. The first kappa shape index (κ1) is 12.9. The van der Waals surface area contributed by atoms with E-state index in [1.807, 2.05) is 30.9 Å². The average Bonchev–Trinajstić information content (AvgIpc) is 2.39. The van der Waals surface area contributed by atoms with Crippen molar-refractivity contribution in [2.45, 2.75) is 45.3 Å². The molecule has 2 heterocycles. The second-order valence-corrected chi connectivity index (χ2v) is 4.92. The van der Waals surface area contributed by atoms with Crippen LogP contribution < -0.4 is 4.74 Å². The van der Waals surface area contributed by atoms with Crippen LogP contribution in [0.1, 0.15) is 44.7 Å². The minimum atomic E-state index is 0.0897. The summed E-state index contributed by atoms with van der Waals surface area (Å²) in [4.78, 5) is 17.3. The summed E-state index contributed by atoms with van der Waals surface area (Å²) in [5, 5.41) is 0. The zero-order valence-corrected chi connectivity index (χ0v) is 11.0. The van der Waals surface area contributed by atoms with Gasteiger partial charge in [-0.1, -0.05) is 6.07 Å². The number of ether oxygens (including phenoxy) is 1. The Labute approximate surface area is 108 Å². The van der Waals surface area contributed by atoms with Crippen LogP contribution in [0.25, 0.3) is 0 Å². The number of piperidine rings is 1. The highest BCUT2D eigenvalue weighted by molar-refractivity contribution is 5.50. The molecule has 1 fully saturated rings. The van der Waals surface area contributed by atoms with Crippen molar-refractivity contribution in [3.63, 3.8) is 0 Å². The molecule has 1 aromatic heterocycles. The van der Waals surface area contributed by atoms with Crippen molar-refractivity contribution in [3.8, 4) is 5.88 Å². The summed E-state index contributed by atoms with van der Waals surface area (Å²) in [6.07, 6.45) is 5.97. The van der Waals surface area contributed by atoms with Crippen molar-refractivity contribution >= 4 is 6.41 Å². The van der Waals surface area contributed by atoms with Gasteiger partial charge in [0.25, 0.3) is 0 Å². The lowest BCUT2D eigenvalue weighted by Gasteiger charge is -2.33.